The van der Waals surface area contributed by atoms with E-state index in [4.69, 9.17) is 4.74 Å². The van der Waals surface area contributed by atoms with Crippen LogP contribution in [0, 0.1) is 9.39 Å². The van der Waals surface area contributed by atoms with Crippen molar-refractivity contribution >= 4 is 46.3 Å². The summed E-state index contributed by atoms with van der Waals surface area (Å²) in [6, 6.07) is 8.64. The minimum atomic E-state index is -1.05. The highest BCUT2D eigenvalue weighted by molar-refractivity contribution is 14.1. The van der Waals surface area contributed by atoms with Crippen molar-refractivity contribution in [3.8, 4) is 11.5 Å². The van der Waals surface area contributed by atoms with Crippen LogP contribution in [-0.4, -0.2) is 29.7 Å². The van der Waals surface area contributed by atoms with Crippen molar-refractivity contribution in [1.82, 2.24) is 5.43 Å². The van der Waals surface area contributed by atoms with Gasteiger partial charge in [-0.25, -0.2) is 9.82 Å². The first-order valence-electron chi connectivity index (χ1n) is 7.46. The number of nitrogens with zero attached hydrogens (tertiary/aromatic N) is 1. The van der Waals surface area contributed by atoms with Crippen molar-refractivity contribution in [3.63, 3.8) is 0 Å². The fourth-order valence-corrected chi connectivity index (χ4v) is 2.52. The number of aromatic hydroxyl groups is 1. The average molecular weight is 471 g/mol. The van der Waals surface area contributed by atoms with Crippen LogP contribution in [0.15, 0.2) is 41.5 Å². The average Bonchev–Trinajstić information content (AvgIpc) is 2.61. The van der Waals surface area contributed by atoms with Gasteiger partial charge in [-0.3, -0.25) is 9.59 Å². The molecule has 7 nitrogen and oxygen atoms in total. The molecule has 0 saturated heterocycles. The molecule has 0 aliphatic carbocycles. The summed E-state index contributed by atoms with van der Waals surface area (Å²) in [5.41, 5.74) is 2.49. The Morgan fingerprint density at radius 2 is 2.04 bits per heavy atom. The fourth-order valence-electron chi connectivity index (χ4n) is 1.89. The Labute approximate surface area is 162 Å². The Kier molecular flexibility index (Phi) is 6.89. The summed E-state index contributed by atoms with van der Waals surface area (Å²) in [6.07, 6.45) is 1.29. The van der Waals surface area contributed by atoms with Crippen molar-refractivity contribution in [2.45, 2.75) is 6.92 Å². The predicted molar refractivity (Wildman–Crippen MR) is 103 cm³/mol. The second-order valence-electron chi connectivity index (χ2n) is 4.92. The highest BCUT2D eigenvalue weighted by atomic mass is 127. The zero-order chi connectivity index (χ0) is 19.1. The molecule has 0 unspecified atom stereocenters. The molecule has 0 aromatic heterocycles. The van der Waals surface area contributed by atoms with Crippen LogP contribution in [0.3, 0.4) is 0 Å². The van der Waals surface area contributed by atoms with E-state index in [-0.39, 0.29) is 17.2 Å². The molecule has 2 aromatic rings. The number of hydrogen-bond acceptors (Lipinski definition) is 5. The van der Waals surface area contributed by atoms with Crippen molar-refractivity contribution in [2.24, 2.45) is 5.10 Å². The molecule has 0 aliphatic rings. The molecule has 0 bridgehead atoms. The number of benzene rings is 2. The molecule has 3 N–H and O–H groups in total. The van der Waals surface area contributed by atoms with Crippen molar-refractivity contribution in [3.05, 3.63) is 51.3 Å². The molecule has 2 amide bonds. The van der Waals surface area contributed by atoms with Gasteiger partial charge in [0.05, 0.1) is 22.1 Å². The van der Waals surface area contributed by atoms with Crippen LogP contribution in [0.5, 0.6) is 11.5 Å². The molecule has 0 spiro atoms. The number of para-hydroxylation sites is 1. The fraction of sp³-hybridized carbons (Fsp3) is 0.118. The number of halogens is 2. The molecule has 0 heterocycles. The zero-order valence-corrected chi connectivity index (χ0v) is 15.8. The predicted octanol–water partition coefficient (Wildman–Crippen LogP) is 2.62. The molecule has 0 saturated carbocycles. The van der Waals surface area contributed by atoms with Gasteiger partial charge in [0.15, 0.2) is 11.5 Å². The van der Waals surface area contributed by atoms with E-state index in [0.717, 1.165) is 6.07 Å². The Balaban J connectivity index is 2.00. The standard InChI is InChI=1S/C17H15FIN3O4/c1-2-26-14-8-10(7-12(19)15(14)23)9-20-22-17(25)16(24)21-13-6-4-3-5-11(13)18/h3-9,23H,2H2,1H3,(H,21,24)(H,22,25)/b20-9-. The van der Waals surface area contributed by atoms with E-state index in [2.05, 4.69) is 10.4 Å². The van der Waals surface area contributed by atoms with Crippen LogP contribution in [0.4, 0.5) is 10.1 Å². The first kappa shape index (κ1) is 19.6. The summed E-state index contributed by atoms with van der Waals surface area (Å²) in [5, 5.41) is 15.7. The number of amides is 2. The maximum Gasteiger partial charge on any atom is 0.329 e. The molecule has 0 aliphatic heterocycles. The second kappa shape index (κ2) is 9.13. The van der Waals surface area contributed by atoms with Gasteiger partial charge >= 0.3 is 11.8 Å². The summed E-state index contributed by atoms with van der Waals surface area (Å²) in [6.45, 7) is 2.15. The highest BCUT2D eigenvalue weighted by Gasteiger charge is 2.14. The minimum absolute atomic E-state index is 0.0119. The lowest BCUT2D eigenvalue weighted by Gasteiger charge is -2.08. The number of anilines is 1. The molecule has 136 valence electrons. The van der Waals surface area contributed by atoms with Crippen LogP contribution in [0.1, 0.15) is 12.5 Å². The van der Waals surface area contributed by atoms with E-state index >= 15 is 0 Å². The van der Waals surface area contributed by atoms with E-state index in [0.29, 0.717) is 15.7 Å². The zero-order valence-electron chi connectivity index (χ0n) is 13.6. The molecule has 0 radical (unpaired) electrons. The van der Waals surface area contributed by atoms with Gasteiger partial charge in [-0.2, -0.15) is 5.10 Å². The molecule has 2 aromatic carbocycles. The molecule has 9 heteroatoms. The summed E-state index contributed by atoms with van der Waals surface area (Å²) < 4.78 is 19.3. The summed E-state index contributed by atoms with van der Waals surface area (Å²) in [4.78, 5) is 23.4. The highest BCUT2D eigenvalue weighted by Crippen LogP contribution is 2.32. The Morgan fingerprint density at radius 1 is 1.31 bits per heavy atom. The quantitative estimate of drug-likeness (QED) is 0.270. The monoisotopic (exact) mass is 471 g/mol. The SMILES string of the molecule is CCOc1cc(/C=N\NC(=O)C(=O)Nc2ccccc2F)cc(I)c1O. The van der Waals surface area contributed by atoms with Crippen LogP contribution in [0.2, 0.25) is 0 Å². The number of carbonyl (C=O) groups excluding carboxylic acids is 2. The maximum atomic E-state index is 13.4. The Hall–Kier alpha value is -2.69. The van der Waals surface area contributed by atoms with Crippen molar-refractivity contribution in [1.29, 1.82) is 0 Å². The lowest BCUT2D eigenvalue weighted by atomic mass is 10.2. The number of carbonyl (C=O) groups is 2. The number of ether oxygens (including phenoxy) is 1. The van der Waals surface area contributed by atoms with Crippen LogP contribution in [-0.2, 0) is 9.59 Å². The van der Waals surface area contributed by atoms with E-state index in [1.807, 2.05) is 28.0 Å². The normalized spacial score (nSPS) is 10.6. The molecule has 0 atom stereocenters. The number of hydrogen-bond donors (Lipinski definition) is 3. The molecular formula is C17H15FIN3O4. The van der Waals surface area contributed by atoms with E-state index in [1.54, 1.807) is 13.0 Å². The summed E-state index contributed by atoms with van der Waals surface area (Å²) >= 11 is 1.93. The van der Waals surface area contributed by atoms with Gasteiger partial charge in [0.2, 0.25) is 0 Å². The van der Waals surface area contributed by atoms with Gasteiger partial charge in [-0.1, -0.05) is 12.1 Å². The number of nitrogens with one attached hydrogen (secondary N) is 2. The van der Waals surface area contributed by atoms with Crippen LogP contribution in [0.25, 0.3) is 0 Å². The second-order valence-corrected chi connectivity index (χ2v) is 6.08. The lowest BCUT2D eigenvalue weighted by Crippen LogP contribution is -2.32. The first-order valence-corrected chi connectivity index (χ1v) is 8.54. The topological polar surface area (TPSA) is 100 Å². The Bertz CT molecular complexity index is 858. The third-order valence-electron chi connectivity index (χ3n) is 3.06. The van der Waals surface area contributed by atoms with Gasteiger partial charge in [0, 0.05) is 0 Å². The van der Waals surface area contributed by atoms with Crippen molar-refractivity contribution < 1.29 is 23.8 Å². The third-order valence-corrected chi connectivity index (χ3v) is 3.88. The third kappa shape index (κ3) is 5.15. The largest absolute Gasteiger partial charge is 0.504 e. The maximum absolute atomic E-state index is 13.4. The van der Waals surface area contributed by atoms with Gasteiger partial charge in [-0.05, 0) is 59.3 Å². The molecule has 0 fully saturated rings. The van der Waals surface area contributed by atoms with Gasteiger partial charge in [0.25, 0.3) is 0 Å². The van der Waals surface area contributed by atoms with Crippen LogP contribution < -0.4 is 15.5 Å². The van der Waals surface area contributed by atoms with Gasteiger partial charge in [-0.15, -0.1) is 0 Å². The number of rotatable bonds is 5. The van der Waals surface area contributed by atoms with E-state index in [1.165, 1.54) is 30.5 Å². The Morgan fingerprint density at radius 3 is 2.73 bits per heavy atom. The summed E-state index contributed by atoms with van der Waals surface area (Å²) in [7, 11) is 0. The van der Waals surface area contributed by atoms with E-state index in [9.17, 15) is 19.1 Å². The number of phenolic OH excluding ortho intramolecular Hbond substituents is 1. The molecule has 2 rings (SSSR count). The number of hydrazone groups is 1. The molecular weight excluding hydrogens is 456 g/mol. The molecule has 26 heavy (non-hydrogen) atoms. The van der Waals surface area contributed by atoms with E-state index < -0.39 is 17.6 Å². The smallest absolute Gasteiger partial charge is 0.329 e. The summed E-state index contributed by atoms with van der Waals surface area (Å²) in [5.74, 6) is -2.47. The van der Waals surface area contributed by atoms with Gasteiger partial charge in [0.1, 0.15) is 5.82 Å². The van der Waals surface area contributed by atoms with Crippen molar-refractivity contribution in [2.75, 3.05) is 11.9 Å². The first-order chi connectivity index (χ1) is 12.4. The van der Waals surface area contributed by atoms with Gasteiger partial charge < -0.3 is 15.2 Å². The van der Waals surface area contributed by atoms with Crippen LogP contribution >= 0.6 is 22.6 Å². The number of phenols is 1. The lowest BCUT2D eigenvalue weighted by molar-refractivity contribution is -0.136. The minimum Gasteiger partial charge on any atom is -0.504 e.